The number of hydrogen-bond acceptors (Lipinski definition) is 3. The first-order valence-corrected chi connectivity index (χ1v) is 3.75. The van der Waals surface area contributed by atoms with Crippen LogP contribution in [0.15, 0.2) is 6.20 Å². The van der Waals surface area contributed by atoms with Crippen LogP contribution in [0, 0.1) is 0 Å². The molecular weight excluding hydrogens is 140 g/mol. The summed E-state index contributed by atoms with van der Waals surface area (Å²) in [5.41, 5.74) is 6.59. The van der Waals surface area contributed by atoms with E-state index in [-0.39, 0.29) is 0 Å². The molecule has 0 amide bonds. The lowest BCUT2D eigenvalue weighted by atomic mass is 10.4. The van der Waals surface area contributed by atoms with Gasteiger partial charge in [-0.15, -0.1) is 0 Å². The van der Waals surface area contributed by atoms with Crippen LogP contribution in [0.25, 0.3) is 0 Å². The van der Waals surface area contributed by atoms with Crippen LogP contribution >= 0.6 is 0 Å². The largest absolute Gasteiger partial charge is 0.382 e. The number of nitrogens with one attached hydrogen (secondary N) is 1. The number of anilines is 2. The van der Waals surface area contributed by atoms with Gasteiger partial charge in [-0.25, -0.2) is 0 Å². The van der Waals surface area contributed by atoms with Crippen LogP contribution in [0.4, 0.5) is 11.5 Å². The van der Waals surface area contributed by atoms with Crippen molar-refractivity contribution in [2.45, 2.75) is 13.3 Å². The zero-order chi connectivity index (χ0) is 8.27. The van der Waals surface area contributed by atoms with Crippen LogP contribution in [0.2, 0.25) is 0 Å². The monoisotopic (exact) mass is 154 g/mol. The molecule has 0 saturated carbocycles. The molecule has 0 radical (unpaired) electrons. The average molecular weight is 154 g/mol. The normalized spacial score (nSPS) is 10.0. The van der Waals surface area contributed by atoms with Gasteiger partial charge >= 0.3 is 0 Å². The topological polar surface area (TPSA) is 57.9 Å². The Morgan fingerprint density at radius 1 is 1.73 bits per heavy atom. The second-order valence-corrected chi connectivity index (χ2v) is 2.59. The van der Waals surface area contributed by atoms with Gasteiger partial charge in [0, 0.05) is 13.6 Å². The van der Waals surface area contributed by atoms with Crippen LogP contribution in [-0.4, -0.2) is 23.8 Å². The molecule has 0 aliphatic heterocycles. The highest BCUT2D eigenvalue weighted by atomic mass is 15.2. The summed E-state index contributed by atoms with van der Waals surface area (Å²) >= 11 is 0. The predicted octanol–water partition coefficient (Wildman–Crippen LogP) is 0.838. The fourth-order valence-corrected chi connectivity index (χ4v) is 1.05. The van der Waals surface area contributed by atoms with Gasteiger partial charge in [-0.1, -0.05) is 6.92 Å². The molecule has 0 atom stereocenters. The Balaban J connectivity index is 2.67. The summed E-state index contributed by atoms with van der Waals surface area (Å²) in [4.78, 5) is 2.08. The molecule has 0 fully saturated rings. The number of aromatic amines is 1. The van der Waals surface area contributed by atoms with Gasteiger partial charge in [-0.2, -0.15) is 5.10 Å². The smallest absolute Gasteiger partial charge is 0.142 e. The van der Waals surface area contributed by atoms with Crippen LogP contribution in [-0.2, 0) is 0 Å². The van der Waals surface area contributed by atoms with Gasteiger partial charge in [0.1, 0.15) is 5.82 Å². The lowest BCUT2D eigenvalue weighted by Crippen LogP contribution is -2.18. The summed E-state index contributed by atoms with van der Waals surface area (Å²) in [6.07, 6.45) is 2.85. The average Bonchev–Trinajstić information content (AvgIpc) is 2.36. The molecule has 0 aromatic carbocycles. The van der Waals surface area contributed by atoms with Crippen molar-refractivity contribution in [3.8, 4) is 0 Å². The van der Waals surface area contributed by atoms with Gasteiger partial charge in [0.15, 0.2) is 0 Å². The van der Waals surface area contributed by atoms with E-state index >= 15 is 0 Å². The maximum absolute atomic E-state index is 5.61. The van der Waals surface area contributed by atoms with Gasteiger partial charge in [-0.05, 0) is 6.42 Å². The molecular formula is C7H14N4. The molecule has 0 saturated heterocycles. The molecule has 0 bridgehead atoms. The highest BCUT2D eigenvalue weighted by molar-refractivity contribution is 5.61. The second-order valence-electron chi connectivity index (χ2n) is 2.59. The van der Waals surface area contributed by atoms with Gasteiger partial charge in [0.25, 0.3) is 0 Å². The summed E-state index contributed by atoms with van der Waals surface area (Å²) in [5.74, 6) is 0.640. The highest BCUT2D eigenvalue weighted by Gasteiger charge is 2.04. The minimum atomic E-state index is 0.640. The SMILES string of the molecule is CCCN(C)c1cn[nH]c1N. The first-order valence-electron chi connectivity index (χ1n) is 3.75. The first-order chi connectivity index (χ1) is 5.25. The summed E-state index contributed by atoms with van der Waals surface area (Å²) in [7, 11) is 2.00. The molecule has 4 nitrogen and oxygen atoms in total. The van der Waals surface area contributed by atoms with Crippen molar-refractivity contribution in [2.24, 2.45) is 0 Å². The molecule has 0 spiro atoms. The van der Waals surface area contributed by atoms with Gasteiger partial charge < -0.3 is 10.6 Å². The maximum atomic E-state index is 5.61. The number of nitrogens with zero attached hydrogens (tertiary/aromatic N) is 2. The molecule has 4 heteroatoms. The standard InChI is InChI=1S/C7H14N4/c1-3-4-11(2)6-5-9-10-7(6)8/h5H,3-4H2,1-2H3,(H3,8,9,10). The summed E-state index contributed by atoms with van der Waals surface area (Å²) in [5, 5.41) is 6.53. The van der Waals surface area contributed by atoms with Crippen LogP contribution in [0.5, 0.6) is 0 Å². The summed E-state index contributed by atoms with van der Waals surface area (Å²) in [6.45, 7) is 3.14. The van der Waals surface area contributed by atoms with E-state index in [9.17, 15) is 0 Å². The lowest BCUT2D eigenvalue weighted by molar-refractivity contribution is 0.853. The molecule has 0 aliphatic rings. The van der Waals surface area contributed by atoms with Crippen molar-refractivity contribution in [3.63, 3.8) is 0 Å². The van der Waals surface area contributed by atoms with E-state index in [4.69, 9.17) is 5.73 Å². The van der Waals surface area contributed by atoms with E-state index in [2.05, 4.69) is 22.0 Å². The Labute approximate surface area is 66.4 Å². The number of H-pyrrole nitrogens is 1. The van der Waals surface area contributed by atoms with Crippen molar-refractivity contribution in [1.29, 1.82) is 0 Å². The number of nitrogen functional groups attached to an aromatic ring is 1. The van der Waals surface area contributed by atoms with E-state index in [0.717, 1.165) is 18.7 Å². The zero-order valence-electron chi connectivity index (χ0n) is 6.96. The third kappa shape index (κ3) is 1.63. The lowest BCUT2D eigenvalue weighted by Gasteiger charge is -2.15. The first kappa shape index (κ1) is 7.91. The van der Waals surface area contributed by atoms with Crippen LogP contribution < -0.4 is 10.6 Å². The minimum Gasteiger partial charge on any atom is -0.382 e. The van der Waals surface area contributed by atoms with Gasteiger partial charge in [0.2, 0.25) is 0 Å². The summed E-state index contributed by atoms with van der Waals surface area (Å²) in [6, 6.07) is 0. The molecule has 3 N–H and O–H groups in total. The summed E-state index contributed by atoms with van der Waals surface area (Å²) < 4.78 is 0. The number of aromatic nitrogens is 2. The molecule has 0 aliphatic carbocycles. The van der Waals surface area contributed by atoms with E-state index in [1.807, 2.05) is 7.05 Å². The fourth-order valence-electron chi connectivity index (χ4n) is 1.05. The van der Waals surface area contributed by atoms with Crippen molar-refractivity contribution in [2.75, 3.05) is 24.2 Å². The Kier molecular flexibility index (Phi) is 2.36. The quantitative estimate of drug-likeness (QED) is 0.678. The van der Waals surface area contributed by atoms with Crippen molar-refractivity contribution in [1.82, 2.24) is 10.2 Å². The minimum absolute atomic E-state index is 0.640. The predicted molar refractivity (Wildman–Crippen MR) is 46.6 cm³/mol. The molecule has 1 rings (SSSR count). The van der Waals surface area contributed by atoms with E-state index < -0.39 is 0 Å². The van der Waals surface area contributed by atoms with Crippen molar-refractivity contribution >= 4 is 11.5 Å². The van der Waals surface area contributed by atoms with E-state index in [1.54, 1.807) is 6.20 Å². The van der Waals surface area contributed by atoms with Gasteiger partial charge in [-0.3, -0.25) is 5.10 Å². The zero-order valence-corrected chi connectivity index (χ0v) is 6.96. The molecule has 1 heterocycles. The second kappa shape index (κ2) is 3.27. The number of rotatable bonds is 3. The Morgan fingerprint density at radius 3 is 2.91 bits per heavy atom. The number of hydrogen-bond donors (Lipinski definition) is 2. The molecule has 11 heavy (non-hydrogen) atoms. The highest BCUT2D eigenvalue weighted by Crippen LogP contribution is 2.17. The van der Waals surface area contributed by atoms with Gasteiger partial charge in [0.05, 0.1) is 11.9 Å². The van der Waals surface area contributed by atoms with Crippen LogP contribution in [0.3, 0.4) is 0 Å². The Hall–Kier alpha value is -1.19. The fraction of sp³-hybridized carbons (Fsp3) is 0.571. The Morgan fingerprint density at radius 2 is 2.45 bits per heavy atom. The molecule has 1 aromatic heterocycles. The van der Waals surface area contributed by atoms with E-state index in [0.29, 0.717) is 5.82 Å². The third-order valence-corrected chi connectivity index (χ3v) is 1.62. The maximum Gasteiger partial charge on any atom is 0.142 e. The molecule has 0 unspecified atom stereocenters. The third-order valence-electron chi connectivity index (χ3n) is 1.62. The molecule has 1 aromatic rings. The Bertz CT molecular complexity index is 218. The van der Waals surface area contributed by atoms with Crippen LogP contribution in [0.1, 0.15) is 13.3 Å². The molecule has 62 valence electrons. The number of nitrogens with two attached hydrogens (primary N) is 1. The van der Waals surface area contributed by atoms with E-state index in [1.165, 1.54) is 0 Å². The van der Waals surface area contributed by atoms with Crippen molar-refractivity contribution < 1.29 is 0 Å². The van der Waals surface area contributed by atoms with Crippen molar-refractivity contribution in [3.05, 3.63) is 6.20 Å².